The first kappa shape index (κ1) is 29.0. The van der Waals surface area contributed by atoms with Gasteiger partial charge in [0.15, 0.2) is 0 Å². The summed E-state index contributed by atoms with van der Waals surface area (Å²) in [4.78, 5) is 42.6. The number of esters is 1. The predicted molar refractivity (Wildman–Crippen MR) is 150 cm³/mol. The normalized spacial score (nSPS) is 14.1. The first-order chi connectivity index (χ1) is 19.5. The topological polar surface area (TPSA) is 123 Å². The van der Waals surface area contributed by atoms with E-state index in [1.807, 2.05) is 47.0 Å². The predicted octanol–water partition coefficient (Wildman–Crippen LogP) is 4.61. The molecule has 212 valence electrons. The summed E-state index contributed by atoms with van der Waals surface area (Å²) < 4.78 is 7.51. The van der Waals surface area contributed by atoms with Crippen molar-refractivity contribution in [3.63, 3.8) is 0 Å². The number of ether oxygens (including phenoxy) is 1. The number of amides is 2. The van der Waals surface area contributed by atoms with Gasteiger partial charge in [-0.25, -0.2) is 15.3 Å². The number of rotatable bonds is 13. The number of nitrogens with zero attached hydrogens (tertiary/aromatic N) is 2. The van der Waals surface area contributed by atoms with Gasteiger partial charge in [0.2, 0.25) is 5.91 Å². The Bertz CT molecular complexity index is 1270. The zero-order chi connectivity index (χ0) is 28.3. The number of carbonyl (C=O) groups excluding carboxylic acids is 3. The first-order valence-electron chi connectivity index (χ1n) is 14.1. The van der Waals surface area contributed by atoms with Gasteiger partial charge in [-0.3, -0.25) is 14.8 Å². The Morgan fingerprint density at radius 3 is 2.45 bits per heavy atom. The highest BCUT2D eigenvalue weighted by molar-refractivity contribution is 5.93. The van der Waals surface area contributed by atoms with E-state index in [2.05, 4.69) is 17.2 Å². The molecule has 0 aliphatic heterocycles. The molecule has 0 spiro atoms. The maximum absolute atomic E-state index is 13.5. The van der Waals surface area contributed by atoms with Crippen molar-refractivity contribution in [2.75, 3.05) is 0 Å². The average molecular weight is 547 g/mol. The van der Waals surface area contributed by atoms with E-state index in [9.17, 15) is 14.4 Å². The SMILES string of the molecule is CCCCc1ncc(C(=O)NC(CC(=O)NO)Cc2ccccc2)n1Cc1ccc(C(=O)OC2CCCC2)cc1. The second-order valence-corrected chi connectivity index (χ2v) is 10.4. The molecule has 4 rings (SSSR count). The van der Waals surface area contributed by atoms with Gasteiger partial charge in [0.1, 0.15) is 17.6 Å². The van der Waals surface area contributed by atoms with Gasteiger partial charge in [-0.1, -0.05) is 55.8 Å². The van der Waals surface area contributed by atoms with Crippen LogP contribution in [0.25, 0.3) is 0 Å². The Balaban J connectivity index is 1.50. The number of nitrogens with one attached hydrogen (secondary N) is 2. The zero-order valence-electron chi connectivity index (χ0n) is 23.0. The highest BCUT2D eigenvalue weighted by Crippen LogP contribution is 2.22. The lowest BCUT2D eigenvalue weighted by atomic mass is 10.0. The van der Waals surface area contributed by atoms with Crippen LogP contribution in [0.4, 0.5) is 0 Å². The maximum atomic E-state index is 13.5. The van der Waals surface area contributed by atoms with Crippen LogP contribution < -0.4 is 10.8 Å². The Hall–Kier alpha value is -3.98. The quantitative estimate of drug-likeness (QED) is 0.164. The van der Waals surface area contributed by atoms with Crippen LogP contribution in [0.5, 0.6) is 0 Å². The molecule has 3 aromatic rings. The van der Waals surface area contributed by atoms with Crippen LogP contribution in [0, 0.1) is 0 Å². The van der Waals surface area contributed by atoms with E-state index in [-0.39, 0.29) is 24.4 Å². The van der Waals surface area contributed by atoms with E-state index >= 15 is 0 Å². The lowest BCUT2D eigenvalue weighted by molar-refractivity contribution is -0.129. The number of carbonyl (C=O) groups is 3. The molecule has 1 unspecified atom stereocenters. The summed E-state index contributed by atoms with van der Waals surface area (Å²) in [5.74, 6) is -0.436. The molecule has 1 fully saturated rings. The monoisotopic (exact) mass is 546 g/mol. The number of hydroxylamine groups is 1. The summed E-state index contributed by atoms with van der Waals surface area (Å²) in [7, 11) is 0. The molecule has 2 aromatic carbocycles. The van der Waals surface area contributed by atoms with E-state index in [1.54, 1.807) is 23.8 Å². The zero-order valence-corrected chi connectivity index (χ0v) is 23.0. The van der Waals surface area contributed by atoms with Crippen molar-refractivity contribution in [3.05, 3.63) is 89.0 Å². The Morgan fingerprint density at radius 1 is 1.05 bits per heavy atom. The van der Waals surface area contributed by atoms with Crippen molar-refractivity contribution in [2.45, 2.75) is 83.4 Å². The lowest BCUT2D eigenvalue weighted by Crippen LogP contribution is -2.41. The summed E-state index contributed by atoms with van der Waals surface area (Å²) in [6.45, 7) is 2.50. The van der Waals surface area contributed by atoms with Crippen molar-refractivity contribution in [1.82, 2.24) is 20.3 Å². The summed E-state index contributed by atoms with van der Waals surface area (Å²) >= 11 is 0. The largest absolute Gasteiger partial charge is 0.459 e. The number of aryl methyl sites for hydroxylation is 1. The minimum Gasteiger partial charge on any atom is -0.459 e. The van der Waals surface area contributed by atoms with Gasteiger partial charge >= 0.3 is 5.97 Å². The van der Waals surface area contributed by atoms with Crippen LogP contribution in [0.15, 0.2) is 60.8 Å². The third-order valence-corrected chi connectivity index (χ3v) is 7.25. The van der Waals surface area contributed by atoms with Crippen molar-refractivity contribution < 1.29 is 24.3 Å². The van der Waals surface area contributed by atoms with Crippen LogP contribution in [-0.4, -0.2) is 44.7 Å². The molecule has 1 aliphatic rings. The standard InChI is InChI=1S/C31H38N4O5/c1-2-3-13-28-32-20-27(30(37)33-25(19-29(36)34-39)18-22-9-5-4-6-10-22)35(28)21-23-14-16-24(17-15-23)31(38)40-26-11-7-8-12-26/h4-6,9-10,14-17,20,25-26,39H,2-3,7-8,11-13,18-19,21H2,1H3,(H,33,37)(H,34,36). The van der Waals surface area contributed by atoms with Gasteiger partial charge in [-0.05, 0) is 61.8 Å². The fourth-order valence-corrected chi connectivity index (χ4v) is 5.06. The Morgan fingerprint density at radius 2 is 1.77 bits per heavy atom. The van der Waals surface area contributed by atoms with E-state index in [0.717, 1.165) is 61.9 Å². The second kappa shape index (κ2) is 14.4. The summed E-state index contributed by atoms with van der Waals surface area (Å²) in [6, 6.07) is 16.3. The van der Waals surface area contributed by atoms with Gasteiger partial charge in [0, 0.05) is 25.4 Å². The molecule has 1 heterocycles. The molecule has 1 saturated carbocycles. The molecule has 9 heteroatoms. The van der Waals surface area contributed by atoms with E-state index in [4.69, 9.17) is 9.94 Å². The first-order valence-corrected chi connectivity index (χ1v) is 14.1. The van der Waals surface area contributed by atoms with E-state index in [1.165, 1.54) is 0 Å². The molecule has 9 nitrogen and oxygen atoms in total. The molecule has 2 amide bonds. The lowest BCUT2D eigenvalue weighted by Gasteiger charge is -2.19. The van der Waals surface area contributed by atoms with Crippen LogP contribution in [0.1, 0.15) is 89.7 Å². The third kappa shape index (κ3) is 8.02. The van der Waals surface area contributed by atoms with Crippen molar-refractivity contribution in [3.8, 4) is 0 Å². The van der Waals surface area contributed by atoms with Gasteiger partial charge in [0.05, 0.1) is 11.8 Å². The Kier molecular flexibility index (Phi) is 10.5. The fraction of sp³-hybridized carbons (Fsp3) is 0.419. The van der Waals surface area contributed by atoms with Crippen molar-refractivity contribution in [1.29, 1.82) is 0 Å². The number of hydrogen-bond donors (Lipinski definition) is 3. The van der Waals surface area contributed by atoms with Gasteiger partial charge < -0.3 is 14.6 Å². The average Bonchev–Trinajstić information content (AvgIpc) is 3.62. The molecule has 0 saturated heterocycles. The molecule has 1 aromatic heterocycles. The fourth-order valence-electron chi connectivity index (χ4n) is 5.06. The second-order valence-electron chi connectivity index (χ2n) is 10.4. The van der Waals surface area contributed by atoms with Gasteiger partial charge in [-0.2, -0.15) is 0 Å². The summed E-state index contributed by atoms with van der Waals surface area (Å²) in [5.41, 5.74) is 4.43. The van der Waals surface area contributed by atoms with Crippen molar-refractivity contribution >= 4 is 17.8 Å². The third-order valence-electron chi connectivity index (χ3n) is 7.25. The van der Waals surface area contributed by atoms with Gasteiger partial charge in [-0.15, -0.1) is 0 Å². The van der Waals surface area contributed by atoms with Gasteiger partial charge in [0.25, 0.3) is 5.91 Å². The van der Waals surface area contributed by atoms with Crippen LogP contribution in [0.3, 0.4) is 0 Å². The van der Waals surface area contributed by atoms with Crippen LogP contribution in [-0.2, 0) is 28.9 Å². The van der Waals surface area contributed by atoms with Crippen LogP contribution in [0.2, 0.25) is 0 Å². The number of benzene rings is 2. The summed E-state index contributed by atoms with van der Waals surface area (Å²) in [5, 5.41) is 12.0. The minimum absolute atomic E-state index is 0.00879. The molecule has 1 aliphatic carbocycles. The molecule has 40 heavy (non-hydrogen) atoms. The maximum Gasteiger partial charge on any atom is 0.338 e. The highest BCUT2D eigenvalue weighted by Gasteiger charge is 2.23. The van der Waals surface area contributed by atoms with Crippen LogP contribution >= 0.6 is 0 Å². The Labute approximate surface area is 234 Å². The number of imidazole rings is 1. The molecule has 3 N–H and O–H groups in total. The number of hydrogen-bond acceptors (Lipinski definition) is 6. The summed E-state index contributed by atoms with van der Waals surface area (Å²) in [6.07, 6.45) is 8.60. The molecule has 1 atom stereocenters. The smallest absolute Gasteiger partial charge is 0.338 e. The highest BCUT2D eigenvalue weighted by atomic mass is 16.5. The minimum atomic E-state index is -0.579. The molecular weight excluding hydrogens is 508 g/mol. The van der Waals surface area contributed by atoms with Crippen molar-refractivity contribution in [2.24, 2.45) is 0 Å². The molecule has 0 radical (unpaired) electrons. The number of unbranched alkanes of at least 4 members (excludes halogenated alkanes) is 1. The molecule has 0 bridgehead atoms. The van der Waals surface area contributed by atoms with E-state index < -0.39 is 11.9 Å². The molecular formula is C31H38N4O5. The van der Waals surface area contributed by atoms with E-state index in [0.29, 0.717) is 24.2 Å². The number of aromatic nitrogens is 2.